The minimum atomic E-state index is -1.36. The first kappa shape index (κ1) is 65.3. The minimum Gasteiger partial charge on any atom is -0.496 e. The minimum absolute atomic E-state index is 0.239. The average Bonchev–Trinajstić information content (AvgIpc) is 1.21. The lowest BCUT2D eigenvalue weighted by atomic mass is 9.79. The van der Waals surface area contributed by atoms with Crippen LogP contribution in [0.5, 0.6) is 23.0 Å². The molecule has 0 bridgehead atoms. The van der Waals surface area contributed by atoms with Crippen LogP contribution in [-0.2, 0) is 79.2 Å². The molecule has 0 unspecified atom stereocenters. The van der Waals surface area contributed by atoms with Crippen LogP contribution in [0.2, 0.25) is 0 Å². The predicted molar refractivity (Wildman–Crippen MR) is 362 cm³/mol. The Morgan fingerprint density at radius 2 is 0.476 bits per heavy atom. The van der Waals surface area contributed by atoms with Gasteiger partial charge in [0.15, 0.2) is 0 Å². The molecule has 0 radical (unpaired) electrons. The predicted octanol–water partition coefficient (Wildman–Crippen LogP) is 17.3. The summed E-state index contributed by atoms with van der Waals surface area (Å²) in [5.74, 6) is 3.87. The molecule has 84 heavy (non-hydrogen) atoms. The Morgan fingerprint density at radius 1 is 0.286 bits per heavy atom. The standard InChI is InChI=1S/C76H104O6P2/c1-69(2,3)53-33-47(34-54(65(53)77-25)70(4,5)6)83(48-35-55(71(7,8)9)66(78-26)56(36-48)72(10,11)12)61-31-29-45-41-81-43-51(45)63(61)64-52-44-82-42-46(52)30-32-62(64)84(49-37-57(73(13,14)15)67(79-27)58(38-49)74(16,17)18)50-39-59(75(19,20)21)68(80-28)60(40-50)76(22,23)24/h29-40H,41-44H2,1-28H3. The smallest absolute Gasteiger partial charge is 0.126 e. The zero-order valence-corrected chi connectivity index (χ0v) is 58.9. The van der Waals surface area contributed by atoms with Gasteiger partial charge in [-0.2, -0.15) is 0 Å². The van der Waals surface area contributed by atoms with Gasteiger partial charge >= 0.3 is 0 Å². The van der Waals surface area contributed by atoms with Gasteiger partial charge in [0.2, 0.25) is 0 Å². The van der Waals surface area contributed by atoms with Gasteiger partial charge in [-0.25, -0.2) is 0 Å². The molecule has 0 aromatic heterocycles. The van der Waals surface area contributed by atoms with Gasteiger partial charge in [0.1, 0.15) is 23.0 Å². The van der Waals surface area contributed by atoms with Crippen molar-refractivity contribution < 1.29 is 28.4 Å². The molecule has 0 saturated heterocycles. The fraction of sp³-hybridized carbons (Fsp3) is 0.526. The van der Waals surface area contributed by atoms with Crippen molar-refractivity contribution in [2.75, 3.05) is 28.4 Å². The van der Waals surface area contributed by atoms with E-state index >= 15 is 0 Å². The second kappa shape index (κ2) is 22.8. The monoisotopic (exact) mass is 1170 g/mol. The van der Waals surface area contributed by atoms with Gasteiger partial charge < -0.3 is 28.4 Å². The van der Waals surface area contributed by atoms with E-state index < -0.39 is 15.8 Å². The molecule has 0 N–H and O–H groups in total. The summed E-state index contributed by atoms with van der Waals surface area (Å²) < 4.78 is 39.7. The highest BCUT2D eigenvalue weighted by molar-refractivity contribution is 7.80. The Hall–Kier alpha value is -4.70. The van der Waals surface area contributed by atoms with Crippen molar-refractivity contribution in [2.45, 2.75) is 236 Å². The zero-order chi connectivity index (χ0) is 62.6. The molecule has 6 aromatic rings. The van der Waals surface area contributed by atoms with E-state index in [2.05, 4.69) is 239 Å². The lowest BCUT2D eigenvalue weighted by molar-refractivity contribution is 0.134. The van der Waals surface area contributed by atoms with Crippen molar-refractivity contribution in [1.29, 1.82) is 0 Å². The second-order valence-corrected chi connectivity index (χ2v) is 36.5. The van der Waals surface area contributed by atoms with Gasteiger partial charge in [0.05, 0.1) is 54.9 Å². The Balaban J connectivity index is 1.67. The molecule has 2 aliphatic rings. The van der Waals surface area contributed by atoms with Crippen LogP contribution >= 0.6 is 15.8 Å². The molecule has 8 heteroatoms. The van der Waals surface area contributed by atoms with Crippen LogP contribution in [0.3, 0.4) is 0 Å². The maximum atomic E-state index is 6.71. The van der Waals surface area contributed by atoms with Gasteiger partial charge in [-0.15, -0.1) is 0 Å². The molecule has 0 amide bonds. The fourth-order valence-corrected chi connectivity index (χ4v) is 17.7. The summed E-state index contributed by atoms with van der Waals surface area (Å²) in [5.41, 5.74) is 15.3. The number of ether oxygens (including phenoxy) is 6. The van der Waals surface area contributed by atoms with Crippen LogP contribution in [0.25, 0.3) is 11.1 Å². The quantitative estimate of drug-likeness (QED) is 0.121. The van der Waals surface area contributed by atoms with Crippen LogP contribution < -0.4 is 50.8 Å². The highest BCUT2D eigenvalue weighted by Crippen LogP contribution is 2.53. The Morgan fingerprint density at radius 3 is 0.643 bits per heavy atom. The van der Waals surface area contributed by atoms with E-state index in [9.17, 15) is 0 Å². The third kappa shape index (κ3) is 12.6. The highest BCUT2D eigenvalue weighted by Gasteiger charge is 2.40. The van der Waals surface area contributed by atoms with E-state index in [1.54, 1.807) is 0 Å². The van der Waals surface area contributed by atoms with Gasteiger partial charge in [-0.05, 0) is 173 Å². The van der Waals surface area contributed by atoms with E-state index in [1.165, 1.54) is 110 Å². The maximum absolute atomic E-state index is 6.71. The summed E-state index contributed by atoms with van der Waals surface area (Å²) in [6.45, 7) is 58.0. The largest absolute Gasteiger partial charge is 0.496 e. The summed E-state index contributed by atoms with van der Waals surface area (Å²) in [4.78, 5) is 0. The first-order valence-corrected chi connectivity index (χ1v) is 33.2. The number of methoxy groups -OCH3 is 4. The van der Waals surface area contributed by atoms with E-state index in [0.717, 1.165) is 23.0 Å². The van der Waals surface area contributed by atoms with Gasteiger partial charge in [0, 0.05) is 44.5 Å². The van der Waals surface area contributed by atoms with Gasteiger partial charge in [-0.3, -0.25) is 0 Å². The summed E-state index contributed by atoms with van der Waals surface area (Å²) in [5, 5.41) is 7.77. The lowest BCUT2D eigenvalue weighted by Gasteiger charge is -2.36. The molecule has 8 rings (SSSR count). The topological polar surface area (TPSA) is 55.4 Å². The van der Waals surface area contributed by atoms with Crippen molar-refractivity contribution >= 4 is 47.7 Å². The molecule has 0 spiro atoms. The lowest BCUT2D eigenvalue weighted by Crippen LogP contribution is -2.32. The summed E-state index contributed by atoms with van der Waals surface area (Å²) in [6.07, 6.45) is 0. The van der Waals surface area contributed by atoms with Gasteiger partial charge in [0.25, 0.3) is 0 Å². The van der Waals surface area contributed by atoms with Crippen LogP contribution in [-0.4, -0.2) is 28.4 Å². The fourth-order valence-electron chi connectivity index (χ4n) is 12.6. The summed E-state index contributed by atoms with van der Waals surface area (Å²) in [6, 6.07) is 29.9. The van der Waals surface area contributed by atoms with Crippen molar-refractivity contribution in [1.82, 2.24) is 0 Å². The van der Waals surface area contributed by atoms with Crippen LogP contribution in [0, 0.1) is 0 Å². The van der Waals surface area contributed by atoms with Crippen molar-refractivity contribution in [2.24, 2.45) is 0 Å². The van der Waals surface area contributed by atoms with Crippen molar-refractivity contribution in [3.05, 3.63) is 140 Å². The summed E-state index contributed by atoms with van der Waals surface area (Å²) >= 11 is 0. The van der Waals surface area contributed by atoms with E-state index in [0.29, 0.717) is 26.4 Å². The van der Waals surface area contributed by atoms with Gasteiger partial charge in [-0.1, -0.05) is 190 Å². The highest BCUT2D eigenvalue weighted by atomic mass is 31.1. The third-order valence-electron chi connectivity index (χ3n) is 17.1. The maximum Gasteiger partial charge on any atom is 0.126 e. The molecule has 2 aliphatic heterocycles. The first-order chi connectivity index (χ1) is 38.6. The number of hydrogen-bond acceptors (Lipinski definition) is 6. The normalized spacial score (nSPS) is 14.6. The molecule has 6 nitrogen and oxygen atoms in total. The molecular formula is C76H104O6P2. The number of hydrogen-bond donors (Lipinski definition) is 0. The molecule has 6 aromatic carbocycles. The number of fused-ring (bicyclic) bond motifs is 2. The molecule has 0 aliphatic carbocycles. The number of rotatable bonds is 11. The second-order valence-electron chi connectivity index (χ2n) is 32.1. The molecular weight excluding hydrogens is 1070 g/mol. The SMILES string of the molecule is COc1c(C(C)(C)C)cc(P(c2cc(C(C)(C)C)c(OC)c(C(C)(C)C)c2)c2ccc3c(c2-c2c(P(c4cc(C(C)(C)C)c(OC)c(C(C)(C)C)c4)c4cc(C(C)(C)C)c(OC)c(C(C)(C)C)c4)ccc4c2COC4)COC3)cc1C(C)(C)C. The van der Waals surface area contributed by atoms with Crippen LogP contribution in [0.4, 0.5) is 0 Å². The molecule has 0 saturated carbocycles. The summed E-state index contributed by atoms with van der Waals surface area (Å²) in [7, 11) is 4.68. The van der Waals surface area contributed by atoms with Crippen molar-refractivity contribution in [3.63, 3.8) is 0 Å². The van der Waals surface area contributed by atoms with E-state index in [4.69, 9.17) is 28.4 Å². The molecule has 454 valence electrons. The van der Waals surface area contributed by atoms with E-state index in [-0.39, 0.29) is 43.3 Å². The van der Waals surface area contributed by atoms with Crippen LogP contribution in [0.1, 0.15) is 233 Å². The number of benzene rings is 6. The Bertz CT molecular complexity index is 2930. The van der Waals surface area contributed by atoms with E-state index in [1.807, 2.05) is 28.4 Å². The first-order valence-electron chi connectivity index (χ1n) is 30.6. The van der Waals surface area contributed by atoms with Crippen LogP contribution in [0.15, 0.2) is 72.8 Å². The molecule has 0 fully saturated rings. The third-order valence-corrected chi connectivity index (χ3v) is 21.9. The molecule has 2 heterocycles. The Kier molecular flexibility index (Phi) is 17.7. The zero-order valence-electron chi connectivity index (χ0n) is 57.1. The Labute approximate surface area is 511 Å². The molecule has 0 atom stereocenters. The van der Waals surface area contributed by atoms with Crippen molar-refractivity contribution in [3.8, 4) is 34.1 Å². The average molecular weight is 1180 g/mol.